The Kier molecular flexibility index (Phi) is 3.70. The fraction of sp³-hybridized carbons (Fsp3) is 0.100. The molecule has 3 heteroatoms. The zero-order chi connectivity index (χ0) is 9.84. The molecule has 0 saturated heterocycles. The average Bonchev–Trinajstić information content (AvgIpc) is 2.09. The van der Waals surface area contributed by atoms with Gasteiger partial charge >= 0.3 is 0 Å². The Labute approximate surface area is 90.5 Å². The van der Waals surface area contributed by atoms with Gasteiger partial charge in [-0.15, -0.1) is 6.58 Å². The monoisotopic (exact) mass is 258 g/mol. The molecule has 0 N–H and O–H groups in total. The van der Waals surface area contributed by atoms with Crippen LogP contribution >= 0.6 is 27.5 Å². The Hall–Kier alpha value is -0.600. The van der Waals surface area contributed by atoms with Crippen molar-refractivity contribution in [2.75, 3.05) is 0 Å². The number of hydrogen-bond acceptors (Lipinski definition) is 1. The second kappa shape index (κ2) is 4.58. The van der Waals surface area contributed by atoms with Crippen molar-refractivity contribution in [2.45, 2.75) is 6.42 Å². The van der Waals surface area contributed by atoms with Gasteiger partial charge in [0.15, 0.2) is 5.78 Å². The molecule has 1 rings (SSSR count). The third-order valence-corrected chi connectivity index (χ3v) is 2.49. The van der Waals surface area contributed by atoms with Crippen molar-refractivity contribution in [1.82, 2.24) is 0 Å². The van der Waals surface area contributed by atoms with E-state index < -0.39 is 0 Å². The van der Waals surface area contributed by atoms with Crippen molar-refractivity contribution in [3.8, 4) is 0 Å². The number of halogens is 2. The van der Waals surface area contributed by atoms with Crippen LogP contribution < -0.4 is 0 Å². The lowest BCUT2D eigenvalue weighted by Gasteiger charge is -2.01. The van der Waals surface area contributed by atoms with Crippen molar-refractivity contribution in [3.05, 3.63) is 45.9 Å². The van der Waals surface area contributed by atoms with Gasteiger partial charge in [-0.25, -0.2) is 0 Å². The molecular formula is C10H8BrClO. The molecule has 13 heavy (non-hydrogen) atoms. The summed E-state index contributed by atoms with van der Waals surface area (Å²) in [4.78, 5) is 11.5. The number of allylic oxidation sites excluding steroid dienone is 1. The van der Waals surface area contributed by atoms with Crippen LogP contribution in [0.4, 0.5) is 0 Å². The summed E-state index contributed by atoms with van der Waals surface area (Å²) in [7, 11) is 0. The minimum Gasteiger partial charge on any atom is -0.294 e. The number of Topliss-reactive ketones (excluding diaryl/α,β-unsaturated/α-hetero) is 1. The van der Waals surface area contributed by atoms with Gasteiger partial charge in [0.2, 0.25) is 0 Å². The highest BCUT2D eigenvalue weighted by molar-refractivity contribution is 9.10. The molecule has 1 nitrogen and oxygen atoms in total. The molecule has 1 aromatic carbocycles. The van der Waals surface area contributed by atoms with Crippen LogP contribution in [-0.4, -0.2) is 5.78 Å². The molecule has 0 bridgehead atoms. The standard InChI is InChI=1S/C10H8BrClO/c1-2-3-10(13)8-6-7(12)4-5-9(8)11/h2,4-6H,1,3H2. The van der Waals surface area contributed by atoms with Crippen LogP contribution in [0.25, 0.3) is 0 Å². The third-order valence-electron chi connectivity index (χ3n) is 1.56. The van der Waals surface area contributed by atoms with E-state index in [1.165, 1.54) is 0 Å². The molecule has 1 aromatic rings. The summed E-state index contributed by atoms with van der Waals surface area (Å²) in [5.41, 5.74) is 0.604. The van der Waals surface area contributed by atoms with Gasteiger partial charge in [-0.1, -0.05) is 33.6 Å². The zero-order valence-electron chi connectivity index (χ0n) is 6.89. The predicted octanol–water partition coefficient (Wildman–Crippen LogP) is 3.86. The van der Waals surface area contributed by atoms with E-state index in [1.807, 2.05) is 0 Å². The van der Waals surface area contributed by atoms with Gasteiger partial charge < -0.3 is 0 Å². The Morgan fingerprint density at radius 1 is 1.62 bits per heavy atom. The number of hydrogen-bond donors (Lipinski definition) is 0. The first-order valence-corrected chi connectivity index (χ1v) is 4.91. The van der Waals surface area contributed by atoms with Crippen LogP contribution in [0.5, 0.6) is 0 Å². The van der Waals surface area contributed by atoms with Crippen molar-refractivity contribution < 1.29 is 4.79 Å². The SMILES string of the molecule is C=CCC(=O)c1cc(Cl)ccc1Br. The topological polar surface area (TPSA) is 17.1 Å². The summed E-state index contributed by atoms with van der Waals surface area (Å²) in [5.74, 6) is 0.0179. The van der Waals surface area contributed by atoms with Gasteiger partial charge in [0.1, 0.15) is 0 Å². The van der Waals surface area contributed by atoms with Crippen LogP contribution in [0.1, 0.15) is 16.8 Å². The molecule has 0 radical (unpaired) electrons. The smallest absolute Gasteiger partial charge is 0.167 e. The minimum absolute atomic E-state index is 0.0179. The van der Waals surface area contributed by atoms with Crippen molar-refractivity contribution in [3.63, 3.8) is 0 Å². The second-order valence-electron chi connectivity index (χ2n) is 2.54. The summed E-state index contributed by atoms with van der Waals surface area (Å²) in [6.45, 7) is 3.51. The minimum atomic E-state index is 0.0179. The van der Waals surface area contributed by atoms with E-state index in [0.717, 1.165) is 4.47 Å². The lowest BCUT2D eigenvalue weighted by molar-refractivity contribution is 0.0995. The lowest BCUT2D eigenvalue weighted by Crippen LogP contribution is -1.97. The molecule has 0 aliphatic rings. The van der Waals surface area contributed by atoms with Crippen LogP contribution in [0.15, 0.2) is 35.3 Å². The number of benzene rings is 1. The number of ketones is 1. The molecule has 68 valence electrons. The van der Waals surface area contributed by atoms with E-state index in [9.17, 15) is 4.79 Å². The summed E-state index contributed by atoms with van der Waals surface area (Å²) < 4.78 is 0.767. The number of carbonyl (C=O) groups is 1. The first-order valence-electron chi connectivity index (χ1n) is 3.74. The molecule has 0 saturated carbocycles. The number of rotatable bonds is 3. The maximum absolute atomic E-state index is 11.5. The van der Waals surface area contributed by atoms with Crippen LogP contribution in [0.3, 0.4) is 0 Å². The van der Waals surface area contributed by atoms with Crippen LogP contribution in [-0.2, 0) is 0 Å². The summed E-state index contributed by atoms with van der Waals surface area (Å²) in [6, 6.07) is 5.15. The molecule has 0 heterocycles. The molecule has 0 aliphatic carbocycles. The van der Waals surface area contributed by atoms with Gasteiger partial charge in [-0.2, -0.15) is 0 Å². The Morgan fingerprint density at radius 2 is 2.31 bits per heavy atom. The van der Waals surface area contributed by atoms with Crippen molar-refractivity contribution in [1.29, 1.82) is 0 Å². The van der Waals surface area contributed by atoms with Gasteiger partial charge in [0, 0.05) is 21.5 Å². The maximum Gasteiger partial charge on any atom is 0.167 e. The average molecular weight is 260 g/mol. The lowest BCUT2D eigenvalue weighted by atomic mass is 10.1. The van der Waals surface area contributed by atoms with Gasteiger partial charge in [0.05, 0.1) is 0 Å². The maximum atomic E-state index is 11.5. The normalized spacial score (nSPS) is 9.69. The fourth-order valence-corrected chi connectivity index (χ4v) is 1.59. The molecule has 0 unspecified atom stereocenters. The Bertz CT molecular complexity index is 347. The molecule has 0 spiro atoms. The summed E-state index contributed by atoms with van der Waals surface area (Å²) in [6.07, 6.45) is 1.91. The molecule has 0 atom stereocenters. The molecule has 0 aromatic heterocycles. The molecule has 0 aliphatic heterocycles. The van der Waals surface area contributed by atoms with E-state index in [-0.39, 0.29) is 5.78 Å². The quantitative estimate of drug-likeness (QED) is 0.595. The highest BCUT2D eigenvalue weighted by atomic mass is 79.9. The molecular weight excluding hydrogens is 251 g/mol. The van der Waals surface area contributed by atoms with E-state index in [0.29, 0.717) is 17.0 Å². The van der Waals surface area contributed by atoms with Crippen LogP contribution in [0, 0.1) is 0 Å². The zero-order valence-corrected chi connectivity index (χ0v) is 9.23. The number of carbonyl (C=O) groups excluding carboxylic acids is 1. The highest BCUT2D eigenvalue weighted by Crippen LogP contribution is 2.22. The fourth-order valence-electron chi connectivity index (χ4n) is 0.952. The molecule has 0 fully saturated rings. The highest BCUT2D eigenvalue weighted by Gasteiger charge is 2.08. The van der Waals surface area contributed by atoms with Crippen molar-refractivity contribution in [2.24, 2.45) is 0 Å². The second-order valence-corrected chi connectivity index (χ2v) is 3.83. The van der Waals surface area contributed by atoms with E-state index in [2.05, 4.69) is 22.5 Å². The predicted molar refractivity (Wildman–Crippen MR) is 58.3 cm³/mol. The Balaban J connectivity index is 3.05. The first kappa shape index (κ1) is 10.5. The molecule has 0 amide bonds. The van der Waals surface area contributed by atoms with Gasteiger partial charge in [0.25, 0.3) is 0 Å². The largest absolute Gasteiger partial charge is 0.294 e. The van der Waals surface area contributed by atoms with E-state index in [1.54, 1.807) is 24.3 Å². The third kappa shape index (κ3) is 2.68. The van der Waals surface area contributed by atoms with Crippen LogP contribution in [0.2, 0.25) is 5.02 Å². The van der Waals surface area contributed by atoms with Gasteiger partial charge in [-0.05, 0) is 18.2 Å². The summed E-state index contributed by atoms with van der Waals surface area (Å²) in [5, 5.41) is 0.565. The van der Waals surface area contributed by atoms with Gasteiger partial charge in [-0.3, -0.25) is 4.79 Å². The summed E-state index contributed by atoms with van der Waals surface area (Å²) >= 11 is 9.05. The van der Waals surface area contributed by atoms with Crippen molar-refractivity contribution >= 4 is 33.3 Å². The van der Waals surface area contributed by atoms with E-state index in [4.69, 9.17) is 11.6 Å². The Morgan fingerprint density at radius 3 is 2.92 bits per heavy atom. The van der Waals surface area contributed by atoms with E-state index >= 15 is 0 Å². The first-order chi connectivity index (χ1) is 6.15.